The number of likely N-dealkylation sites (tertiary alicyclic amines) is 1. The number of rotatable bonds is 1. The van der Waals surface area contributed by atoms with Crippen LogP contribution in [0.15, 0.2) is 18.2 Å². The highest BCUT2D eigenvalue weighted by atomic mass is 16.3. The minimum Gasteiger partial charge on any atom is -0.508 e. The van der Waals surface area contributed by atoms with Gasteiger partial charge in [-0.05, 0) is 56.0 Å². The Labute approximate surface area is 90.5 Å². The molecule has 1 N–H and O–H groups in total. The number of fused-ring (bicyclic) bond motifs is 1. The van der Waals surface area contributed by atoms with Crippen LogP contribution in [0.1, 0.15) is 24.0 Å². The quantitative estimate of drug-likeness (QED) is 0.754. The summed E-state index contributed by atoms with van der Waals surface area (Å²) in [6.45, 7) is 2.52. The maximum atomic E-state index is 9.83. The minimum absolute atomic E-state index is 0.498. The van der Waals surface area contributed by atoms with Crippen molar-refractivity contribution in [3.05, 3.63) is 29.3 Å². The first kappa shape index (κ1) is 9.22. The highest BCUT2D eigenvalue weighted by molar-refractivity contribution is 5.41. The van der Waals surface area contributed by atoms with Crippen LogP contribution in [0.5, 0.6) is 5.75 Å². The average molecular weight is 203 g/mol. The Morgan fingerprint density at radius 2 is 2.13 bits per heavy atom. The van der Waals surface area contributed by atoms with Crippen molar-refractivity contribution >= 4 is 0 Å². The second kappa shape index (κ2) is 3.53. The molecule has 0 saturated carbocycles. The summed E-state index contributed by atoms with van der Waals surface area (Å²) in [5, 5.41) is 9.83. The first-order valence-electron chi connectivity index (χ1n) is 5.88. The maximum Gasteiger partial charge on any atom is 0.119 e. The van der Waals surface area contributed by atoms with Crippen LogP contribution in [0, 0.1) is 0 Å². The van der Waals surface area contributed by atoms with Crippen molar-refractivity contribution in [2.24, 2.45) is 0 Å². The van der Waals surface area contributed by atoms with Crippen LogP contribution in [0.25, 0.3) is 0 Å². The van der Waals surface area contributed by atoms with E-state index in [1.165, 1.54) is 37.1 Å². The van der Waals surface area contributed by atoms with Crippen LogP contribution in [-0.2, 0) is 12.8 Å². The lowest BCUT2D eigenvalue weighted by Crippen LogP contribution is -2.47. The van der Waals surface area contributed by atoms with Crippen molar-refractivity contribution in [1.29, 1.82) is 0 Å². The summed E-state index contributed by atoms with van der Waals surface area (Å²) in [4.78, 5) is 2.55. The van der Waals surface area contributed by atoms with Crippen molar-refractivity contribution in [3.63, 3.8) is 0 Å². The van der Waals surface area contributed by atoms with Gasteiger partial charge in [0.15, 0.2) is 0 Å². The van der Waals surface area contributed by atoms with Gasteiger partial charge in [-0.15, -0.1) is 0 Å². The van der Waals surface area contributed by atoms with E-state index in [1.54, 1.807) is 0 Å². The number of nitrogens with zero attached hydrogens (tertiary/aromatic N) is 1. The fourth-order valence-electron chi connectivity index (χ4n) is 2.77. The third-order valence-electron chi connectivity index (χ3n) is 3.84. The second-order valence-corrected chi connectivity index (χ2v) is 4.70. The molecule has 1 fully saturated rings. The molecular weight excluding hydrogens is 186 g/mol. The molecule has 3 rings (SSSR count). The Bertz CT molecular complexity index is 371. The smallest absolute Gasteiger partial charge is 0.119 e. The predicted molar refractivity (Wildman–Crippen MR) is 60.1 cm³/mol. The van der Waals surface area contributed by atoms with Gasteiger partial charge in [0.05, 0.1) is 0 Å². The Morgan fingerprint density at radius 1 is 1.27 bits per heavy atom. The van der Waals surface area contributed by atoms with Gasteiger partial charge in [-0.25, -0.2) is 0 Å². The summed E-state index contributed by atoms with van der Waals surface area (Å²) < 4.78 is 0. The number of phenols is 1. The molecular formula is C13H17NO. The van der Waals surface area contributed by atoms with Gasteiger partial charge < -0.3 is 5.11 Å². The molecule has 0 spiro atoms. The number of hydrogen-bond donors (Lipinski definition) is 1. The molecule has 2 heteroatoms. The highest BCUT2D eigenvalue weighted by Gasteiger charge is 2.28. The first-order valence-corrected chi connectivity index (χ1v) is 5.88. The van der Waals surface area contributed by atoms with Crippen molar-refractivity contribution in [2.75, 3.05) is 13.1 Å². The van der Waals surface area contributed by atoms with Gasteiger partial charge in [-0.2, -0.15) is 0 Å². The molecule has 1 unspecified atom stereocenters. The molecule has 80 valence electrons. The lowest BCUT2D eigenvalue weighted by atomic mass is 9.86. The number of aromatic hydroxyl groups is 1. The van der Waals surface area contributed by atoms with E-state index >= 15 is 0 Å². The van der Waals surface area contributed by atoms with Crippen LogP contribution in [0.2, 0.25) is 0 Å². The molecule has 15 heavy (non-hydrogen) atoms. The first-order chi connectivity index (χ1) is 7.34. The van der Waals surface area contributed by atoms with Crippen LogP contribution >= 0.6 is 0 Å². The van der Waals surface area contributed by atoms with Gasteiger partial charge in [0, 0.05) is 6.04 Å². The molecule has 1 saturated heterocycles. The standard InChI is InChI=1S/C13H17NO/c15-13-4-1-3-10-5-6-11(9-12(10)13)14-7-2-8-14/h1,3-4,11,15H,2,5-9H2. The zero-order valence-electron chi connectivity index (χ0n) is 8.95. The van der Waals surface area contributed by atoms with Crippen LogP contribution in [0.3, 0.4) is 0 Å². The van der Waals surface area contributed by atoms with Crippen molar-refractivity contribution < 1.29 is 5.11 Å². The molecule has 2 nitrogen and oxygen atoms in total. The van der Waals surface area contributed by atoms with Crippen LogP contribution in [-0.4, -0.2) is 29.1 Å². The van der Waals surface area contributed by atoms with E-state index < -0.39 is 0 Å². The number of aryl methyl sites for hydroxylation is 1. The zero-order chi connectivity index (χ0) is 10.3. The zero-order valence-corrected chi connectivity index (χ0v) is 8.95. The Kier molecular flexibility index (Phi) is 2.17. The number of hydrogen-bond acceptors (Lipinski definition) is 2. The summed E-state index contributed by atoms with van der Waals surface area (Å²) in [6.07, 6.45) is 4.79. The lowest BCUT2D eigenvalue weighted by Gasteiger charge is -2.40. The van der Waals surface area contributed by atoms with Gasteiger partial charge in [-0.1, -0.05) is 12.1 Å². The lowest BCUT2D eigenvalue weighted by molar-refractivity contribution is 0.107. The van der Waals surface area contributed by atoms with E-state index in [4.69, 9.17) is 0 Å². The van der Waals surface area contributed by atoms with E-state index in [-0.39, 0.29) is 0 Å². The van der Waals surface area contributed by atoms with Gasteiger partial charge in [0.25, 0.3) is 0 Å². The molecule has 1 aromatic rings. The Balaban J connectivity index is 1.85. The Hall–Kier alpha value is -1.02. The van der Waals surface area contributed by atoms with Gasteiger partial charge in [-0.3, -0.25) is 4.90 Å². The summed E-state index contributed by atoms with van der Waals surface area (Å²) in [6, 6.07) is 6.61. The van der Waals surface area contributed by atoms with Crippen molar-refractivity contribution in [3.8, 4) is 5.75 Å². The molecule has 2 aliphatic rings. The molecule has 0 bridgehead atoms. The van der Waals surface area contributed by atoms with Gasteiger partial charge >= 0.3 is 0 Å². The van der Waals surface area contributed by atoms with E-state index in [1.807, 2.05) is 12.1 Å². The summed E-state index contributed by atoms with van der Waals surface area (Å²) >= 11 is 0. The van der Waals surface area contributed by atoms with E-state index in [0.717, 1.165) is 12.8 Å². The van der Waals surface area contributed by atoms with Crippen molar-refractivity contribution in [1.82, 2.24) is 4.90 Å². The third kappa shape index (κ3) is 1.53. The van der Waals surface area contributed by atoms with Crippen LogP contribution in [0.4, 0.5) is 0 Å². The summed E-state index contributed by atoms with van der Waals surface area (Å²) in [7, 11) is 0. The van der Waals surface area contributed by atoms with Gasteiger partial charge in [0.2, 0.25) is 0 Å². The average Bonchev–Trinajstić information content (AvgIpc) is 2.17. The van der Waals surface area contributed by atoms with Crippen molar-refractivity contribution in [2.45, 2.75) is 31.7 Å². The van der Waals surface area contributed by atoms with Crippen LogP contribution < -0.4 is 0 Å². The third-order valence-corrected chi connectivity index (χ3v) is 3.84. The molecule has 0 aromatic heterocycles. The fourth-order valence-corrected chi connectivity index (χ4v) is 2.77. The molecule has 0 radical (unpaired) electrons. The molecule has 1 aliphatic carbocycles. The van der Waals surface area contributed by atoms with E-state index in [9.17, 15) is 5.11 Å². The van der Waals surface area contributed by atoms with E-state index in [2.05, 4.69) is 11.0 Å². The number of benzene rings is 1. The summed E-state index contributed by atoms with van der Waals surface area (Å²) in [5.41, 5.74) is 2.55. The molecule has 1 atom stereocenters. The topological polar surface area (TPSA) is 23.5 Å². The minimum atomic E-state index is 0.498. The normalized spacial score (nSPS) is 25.7. The molecule has 1 aliphatic heterocycles. The molecule has 0 amide bonds. The maximum absolute atomic E-state index is 9.83. The predicted octanol–water partition coefficient (Wildman–Crippen LogP) is 1.96. The summed E-state index contributed by atoms with van der Waals surface area (Å²) in [5.74, 6) is 0.498. The highest BCUT2D eigenvalue weighted by Crippen LogP contribution is 2.31. The number of phenolic OH excluding ortho intramolecular Hbond substituents is 1. The Morgan fingerprint density at radius 3 is 2.87 bits per heavy atom. The second-order valence-electron chi connectivity index (χ2n) is 4.70. The van der Waals surface area contributed by atoms with E-state index in [0.29, 0.717) is 11.8 Å². The molecule has 1 heterocycles. The SMILES string of the molecule is Oc1cccc2c1CC(N1CCC1)CC2. The molecule has 1 aromatic carbocycles. The monoisotopic (exact) mass is 203 g/mol. The largest absolute Gasteiger partial charge is 0.508 e. The fraction of sp³-hybridized carbons (Fsp3) is 0.538. The van der Waals surface area contributed by atoms with Gasteiger partial charge in [0.1, 0.15) is 5.75 Å².